The van der Waals surface area contributed by atoms with Crippen LogP contribution in [0.5, 0.6) is 0 Å². The Hall–Kier alpha value is -2.68. The highest BCUT2D eigenvalue weighted by Crippen LogP contribution is 2.32. The summed E-state index contributed by atoms with van der Waals surface area (Å²) >= 11 is 0. The highest BCUT2D eigenvalue weighted by molar-refractivity contribution is 5.93. The third-order valence-electron chi connectivity index (χ3n) is 4.22. The van der Waals surface area contributed by atoms with Gasteiger partial charge in [-0.15, -0.1) is 0 Å². The minimum absolute atomic E-state index is 1.15. The van der Waals surface area contributed by atoms with Gasteiger partial charge in [0, 0.05) is 47.7 Å². The van der Waals surface area contributed by atoms with Crippen molar-refractivity contribution in [3.63, 3.8) is 0 Å². The first-order chi connectivity index (χ1) is 10.3. The van der Waals surface area contributed by atoms with E-state index in [0.717, 1.165) is 5.52 Å². The second kappa shape index (κ2) is 4.42. The lowest BCUT2D eigenvalue weighted by molar-refractivity contribution is 0.973. The van der Waals surface area contributed by atoms with Gasteiger partial charge >= 0.3 is 0 Å². The minimum atomic E-state index is 1.15. The van der Waals surface area contributed by atoms with Crippen molar-refractivity contribution in [3.05, 3.63) is 60.7 Å². The van der Waals surface area contributed by atoms with Crippen molar-refractivity contribution in [1.29, 1.82) is 0 Å². The zero-order chi connectivity index (χ0) is 14.4. The zero-order valence-corrected chi connectivity index (χ0v) is 12.0. The van der Waals surface area contributed by atoms with E-state index in [1.807, 2.05) is 24.8 Å². The summed E-state index contributed by atoms with van der Waals surface area (Å²) in [5.74, 6) is 0. The molecule has 1 aromatic carbocycles. The second-order valence-corrected chi connectivity index (χ2v) is 5.36. The van der Waals surface area contributed by atoms with Crippen LogP contribution >= 0.6 is 0 Å². The lowest BCUT2D eigenvalue weighted by Crippen LogP contribution is -1.94. The number of nitrogens with zero attached hydrogens (tertiary/aromatic N) is 3. The number of hydrogen-bond donors (Lipinski definition) is 0. The molecule has 3 nitrogen and oxygen atoms in total. The fourth-order valence-electron chi connectivity index (χ4n) is 3.02. The van der Waals surface area contributed by atoms with Gasteiger partial charge in [-0.2, -0.15) is 0 Å². The first kappa shape index (κ1) is 12.1. The predicted molar refractivity (Wildman–Crippen MR) is 86.2 cm³/mol. The topological polar surface area (TPSA) is 30.7 Å². The molecule has 0 amide bonds. The van der Waals surface area contributed by atoms with E-state index in [2.05, 4.69) is 58.8 Å². The van der Waals surface area contributed by atoms with Crippen LogP contribution in [0.1, 0.15) is 5.56 Å². The second-order valence-electron chi connectivity index (χ2n) is 5.36. The average Bonchev–Trinajstić information content (AvgIpc) is 2.85. The van der Waals surface area contributed by atoms with E-state index < -0.39 is 0 Å². The number of pyridine rings is 2. The van der Waals surface area contributed by atoms with Gasteiger partial charge in [0.15, 0.2) is 0 Å². The van der Waals surface area contributed by atoms with Gasteiger partial charge in [-0.1, -0.05) is 12.1 Å². The number of fused-ring (bicyclic) bond motifs is 2. The summed E-state index contributed by atoms with van der Waals surface area (Å²) in [5.41, 5.74) is 4.87. The Balaban J connectivity index is 2.04. The van der Waals surface area contributed by atoms with Crippen LogP contribution in [0.4, 0.5) is 0 Å². The third kappa shape index (κ3) is 1.74. The lowest BCUT2D eigenvalue weighted by Gasteiger charge is -2.10. The first-order valence-corrected chi connectivity index (χ1v) is 6.99. The Labute approximate surface area is 122 Å². The van der Waals surface area contributed by atoms with Crippen LogP contribution in [0.2, 0.25) is 0 Å². The van der Waals surface area contributed by atoms with Crippen LogP contribution in [0, 0.1) is 6.92 Å². The van der Waals surface area contributed by atoms with Gasteiger partial charge in [0.2, 0.25) is 0 Å². The molecule has 0 saturated carbocycles. The van der Waals surface area contributed by atoms with E-state index in [4.69, 9.17) is 0 Å². The number of aromatic nitrogens is 3. The largest absolute Gasteiger partial charge is 0.342 e. The van der Waals surface area contributed by atoms with Gasteiger partial charge in [0.05, 0.1) is 11.7 Å². The van der Waals surface area contributed by atoms with Crippen molar-refractivity contribution in [2.75, 3.05) is 0 Å². The number of aryl methyl sites for hydroxylation is 2. The molecule has 0 unspecified atom stereocenters. The van der Waals surface area contributed by atoms with Crippen molar-refractivity contribution in [3.8, 4) is 11.3 Å². The summed E-state index contributed by atoms with van der Waals surface area (Å²) in [5, 5.41) is 3.65. The van der Waals surface area contributed by atoms with E-state index in [-0.39, 0.29) is 0 Å². The van der Waals surface area contributed by atoms with Gasteiger partial charge in [-0.3, -0.25) is 9.97 Å². The quantitative estimate of drug-likeness (QED) is 0.523. The highest BCUT2D eigenvalue weighted by Gasteiger charge is 2.11. The van der Waals surface area contributed by atoms with Crippen molar-refractivity contribution >= 4 is 21.7 Å². The highest BCUT2D eigenvalue weighted by atomic mass is 15.0. The van der Waals surface area contributed by atoms with Crippen molar-refractivity contribution in [2.24, 2.45) is 7.05 Å². The summed E-state index contributed by atoms with van der Waals surface area (Å²) in [7, 11) is 2.09. The maximum Gasteiger partial charge on any atom is 0.0669 e. The molecule has 0 aliphatic rings. The van der Waals surface area contributed by atoms with Gasteiger partial charge in [0.25, 0.3) is 0 Å². The van der Waals surface area contributed by atoms with Crippen molar-refractivity contribution in [1.82, 2.24) is 14.5 Å². The zero-order valence-electron chi connectivity index (χ0n) is 12.0. The van der Waals surface area contributed by atoms with Crippen LogP contribution in [-0.2, 0) is 7.05 Å². The molecule has 21 heavy (non-hydrogen) atoms. The third-order valence-corrected chi connectivity index (χ3v) is 4.22. The molecule has 0 radical (unpaired) electrons. The molecular formula is C18H15N3. The SMILES string of the molecule is Cc1c(-c2cc3ccncc3n2C)ccc2ccncc12. The van der Waals surface area contributed by atoms with Crippen LogP contribution in [0.25, 0.3) is 32.9 Å². The first-order valence-electron chi connectivity index (χ1n) is 6.99. The van der Waals surface area contributed by atoms with E-state index in [0.29, 0.717) is 0 Å². The predicted octanol–water partition coefficient (Wildman–Crippen LogP) is 4.10. The Morgan fingerprint density at radius 1 is 0.905 bits per heavy atom. The molecule has 0 fully saturated rings. The molecule has 0 aliphatic heterocycles. The summed E-state index contributed by atoms with van der Waals surface area (Å²) < 4.78 is 2.20. The van der Waals surface area contributed by atoms with Gasteiger partial charge in [0.1, 0.15) is 0 Å². The molecule has 0 N–H and O–H groups in total. The molecule has 3 heterocycles. The van der Waals surface area contributed by atoms with Crippen LogP contribution in [-0.4, -0.2) is 14.5 Å². The molecule has 0 saturated heterocycles. The van der Waals surface area contributed by atoms with E-state index in [1.54, 1.807) is 0 Å². The smallest absolute Gasteiger partial charge is 0.0669 e. The Morgan fingerprint density at radius 2 is 1.67 bits per heavy atom. The standard InChI is InChI=1S/C18H15N3/c1-12-15(4-3-13-5-7-19-10-16(12)13)17-9-14-6-8-20-11-18(14)21(17)2/h3-11H,1-2H3. The number of rotatable bonds is 1. The van der Waals surface area contributed by atoms with Gasteiger partial charge in [-0.25, -0.2) is 0 Å². The summed E-state index contributed by atoms with van der Waals surface area (Å²) in [6, 6.07) is 10.7. The van der Waals surface area contributed by atoms with Crippen LogP contribution in [0.3, 0.4) is 0 Å². The molecule has 0 aliphatic carbocycles. The Morgan fingerprint density at radius 3 is 2.48 bits per heavy atom. The van der Waals surface area contributed by atoms with Crippen molar-refractivity contribution < 1.29 is 0 Å². The molecule has 0 atom stereocenters. The van der Waals surface area contributed by atoms with E-state index in [9.17, 15) is 0 Å². The maximum absolute atomic E-state index is 4.26. The van der Waals surface area contributed by atoms with E-state index >= 15 is 0 Å². The Bertz CT molecular complexity index is 967. The lowest BCUT2D eigenvalue weighted by atomic mass is 9.99. The normalized spacial score (nSPS) is 11.3. The number of benzene rings is 1. The summed E-state index contributed by atoms with van der Waals surface area (Å²) in [6.45, 7) is 2.16. The number of hydrogen-bond acceptors (Lipinski definition) is 2. The molecule has 4 aromatic rings. The van der Waals surface area contributed by atoms with Crippen LogP contribution < -0.4 is 0 Å². The van der Waals surface area contributed by atoms with Crippen molar-refractivity contribution in [2.45, 2.75) is 6.92 Å². The molecular weight excluding hydrogens is 258 g/mol. The molecule has 0 spiro atoms. The Kier molecular flexibility index (Phi) is 2.54. The van der Waals surface area contributed by atoms with Gasteiger partial charge in [-0.05, 0) is 36.1 Å². The average molecular weight is 273 g/mol. The molecule has 3 aromatic heterocycles. The fraction of sp³-hybridized carbons (Fsp3) is 0.111. The summed E-state index contributed by atoms with van der Waals surface area (Å²) in [6.07, 6.45) is 7.53. The molecule has 3 heteroatoms. The molecule has 0 bridgehead atoms. The molecule has 4 rings (SSSR count). The molecule has 102 valence electrons. The minimum Gasteiger partial charge on any atom is -0.342 e. The fourth-order valence-corrected chi connectivity index (χ4v) is 3.02. The van der Waals surface area contributed by atoms with Gasteiger partial charge < -0.3 is 4.57 Å². The monoisotopic (exact) mass is 273 g/mol. The summed E-state index contributed by atoms with van der Waals surface area (Å²) in [4.78, 5) is 8.48. The van der Waals surface area contributed by atoms with Crippen LogP contribution in [0.15, 0.2) is 55.1 Å². The maximum atomic E-state index is 4.26. The van der Waals surface area contributed by atoms with E-state index in [1.165, 1.54) is 33.0 Å².